The van der Waals surface area contributed by atoms with E-state index < -0.39 is 5.97 Å². The van der Waals surface area contributed by atoms with Gasteiger partial charge in [0.05, 0.1) is 24.3 Å². The first-order valence-electron chi connectivity index (χ1n) is 7.70. The highest BCUT2D eigenvalue weighted by atomic mass is 16.4. The number of carboxylic acids is 1. The number of rotatable bonds is 4. The maximum absolute atomic E-state index is 11.5. The van der Waals surface area contributed by atoms with Crippen molar-refractivity contribution in [3.8, 4) is 0 Å². The van der Waals surface area contributed by atoms with Crippen molar-refractivity contribution in [2.45, 2.75) is 0 Å². The van der Waals surface area contributed by atoms with Gasteiger partial charge >= 0.3 is 5.97 Å². The van der Waals surface area contributed by atoms with Crippen LogP contribution in [0.5, 0.6) is 0 Å². The van der Waals surface area contributed by atoms with Crippen LogP contribution in [0, 0.1) is 17.3 Å². The molecule has 23 heavy (non-hydrogen) atoms. The summed E-state index contributed by atoms with van der Waals surface area (Å²) in [6.45, 7) is 1.38. The highest BCUT2D eigenvalue weighted by Crippen LogP contribution is 2.62. The van der Waals surface area contributed by atoms with Gasteiger partial charge in [0.25, 0.3) is 0 Å². The first-order chi connectivity index (χ1) is 11.1. The van der Waals surface area contributed by atoms with E-state index in [4.69, 9.17) is 0 Å². The molecule has 2 unspecified atom stereocenters. The SMILES string of the molecule is O=C(O)c1cc(N2CC3C(C2)C3(CO)CO)nc2ccccc12. The molecule has 0 radical (unpaired) electrons. The number of para-hydroxylation sites is 1. The fourth-order valence-electron chi connectivity index (χ4n) is 4.04. The number of aliphatic hydroxyl groups excluding tert-OH is 2. The molecule has 120 valence electrons. The van der Waals surface area contributed by atoms with E-state index in [0.717, 1.165) is 0 Å². The first-order valence-corrected chi connectivity index (χ1v) is 7.70. The normalized spacial score (nSPS) is 24.7. The van der Waals surface area contributed by atoms with Crippen LogP contribution in [0.1, 0.15) is 10.4 Å². The summed E-state index contributed by atoms with van der Waals surface area (Å²) in [5, 5.41) is 29.1. The van der Waals surface area contributed by atoms with Crippen molar-refractivity contribution in [2.24, 2.45) is 17.3 Å². The zero-order valence-corrected chi connectivity index (χ0v) is 12.5. The molecule has 1 aliphatic heterocycles. The molecule has 2 atom stereocenters. The Kier molecular flexibility index (Phi) is 3.08. The minimum absolute atomic E-state index is 0.00179. The van der Waals surface area contributed by atoms with Crippen LogP contribution in [0.3, 0.4) is 0 Å². The van der Waals surface area contributed by atoms with E-state index in [1.807, 2.05) is 12.1 Å². The Labute approximate surface area is 133 Å². The molecule has 1 aromatic heterocycles. The van der Waals surface area contributed by atoms with E-state index in [9.17, 15) is 20.1 Å². The largest absolute Gasteiger partial charge is 0.478 e. The highest BCUT2D eigenvalue weighted by Gasteiger charge is 2.67. The van der Waals surface area contributed by atoms with Gasteiger partial charge in [-0.2, -0.15) is 0 Å². The Hall–Kier alpha value is -2.18. The lowest BCUT2D eigenvalue weighted by atomic mass is 10.0. The van der Waals surface area contributed by atoms with Crippen molar-refractivity contribution < 1.29 is 20.1 Å². The summed E-state index contributed by atoms with van der Waals surface area (Å²) in [6, 6.07) is 8.84. The molecule has 6 nitrogen and oxygen atoms in total. The van der Waals surface area contributed by atoms with Crippen molar-refractivity contribution >= 4 is 22.7 Å². The zero-order valence-electron chi connectivity index (χ0n) is 12.5. The average molecular weight is 314 g/mol. The third-order valence-electron chi connectivity index (χ3n) is 5.53. The minimum atomic E-state index is -0.964. The van der Waals surface area contributed by atoms with Crippen LogP contribution in [0.2, 0.25) is 0 Å². The van der Waals surface area contributed by atoms with E-state index in [-0.39, 0.29) is 36.0 Å². The lowest BCUT2D eigenvalue weighted by Gasteiger charge is -2.25. The van der Waals surface area contributed by atoms with E-state index >= 15 is 0 Å². The van der Waals surface area contributed by atoms with Gasteiger partial charge in [0, 0.05) is 23.9 Å². The molecule has 4 rings (SSSR count). The van der Waals surface area contributed by atoms with Gasteiger partial charge in [-0.15, -0.1) is 0 Å². The molecule has 2 aliphatic rings. The molecular formula is C17H18N2O4. The fraction of sp³-hybridized carbons (Fsp3) is 0.412. The summed E-state index contributed by atoms with van der Waals surface area (Å²) < 4.78 is 0. The Morgan fingerprint density at radius 1 is 1.22 bits per heavy atom. The number of aromatic carboxylic acids is 1. The van der Waals surface area contributed by atoms with Crippen molar-refractivity contribution in [1.29, 1.82) is 0 Å². The molecule has 1 saturated heterocycles. The summed E-state index contributed by atoms with van der Waals surface area (Å²) in [5.41, 5.74) is 0.559. The summed E-state index contributed by atoms with van der Waals surface area (Å²) in [6.07, 6.45) is 0. The molecule has 1 aromatic carbocycles. The van der Waals surface area contributed by atoms with Crippen molar-refractivity contribution in [3.05, 3.63) is 35.9 Å². The molecule has 6 heteroatoms. The van der Waals surface area contributed by atoms with Gasteiger partial charge in [0.1, 0.15) is 5.82 Å². The molecule has 0 amide bonds. The quantitative estimate of drug-likeness (QED) is 0.778. The third kappa shape index (κ3) is 1.95. The second kappa shape index (κ2) is 4.91. The van der Waals surface area contributed by atoms with Crippen LogP contribution in [-0.4, -0.2) is 52.6 Å². The maximum Gasteiger partial charge on any atom is 0.336 e. The van der Waals surface area contributed by atoms with Gasteiger partial charge in [-0.3, -0.25) is 0 Å². The number of fused-ring (bicyclic) bond motifs is 2. The molecule has 2 aromatic rings. The van der Waals surface area contributed by atoms with E-state index in [0.29, 0.717) is 29.8 Å². The predicted molar refractivity (Wildman–Crippen MR) is 84.5 cm³/mol. The van der Waals surface area contributed by atoms with Gasteiger partial charge in [-0.1, -0.05) is 18.2 Å². The maximum atomic E-state index is 11.5. The molecule has 3 N–H and O–H groups in total. The van der Waals surface area contributed by atoms with Crippen LogP contribution in [0.25, 0.3) is 10.9 Å². The topological polar surface area (TPSA) is 93.9 Å². The van der Waals surface area contributed by atoms with Crippen molar-refractivity contribution in [1.82, 2.24) is 4.98 Å². The monoisotopic (exact) mass is 314 g/mol. The first kappa shape index (κ1) is 14.4. The molecule has 2 fully saturated rings. The Morgan fingerprint density at radius 3 is 2.48 bits per heavy atom. The van der Waals surface area contributed by atoms with Gasteiger partial charge in [-0.25, -0.2) is 9.78 Å². The smallest absolute Gasteiger partial charge is 0.336 e. The number of aromatic nitrogens is 1. The van der Waals surface area contributed by atoms with Crippen molar-refractivity contribution in [3.63, 3.8) is 0 Å². The third-order valence-corrected chi connectivity index (χ3v) is 5.53. The van der Waals surface area contributed by atoms with Gasteiger partial charge in [0.2, 0.25) is 0 Å². The zero-order chi connectivity index (χ0) is 16.2. The second-order valence-electron chi connectivity index (χ2n) is 6.52. The summed E-state index contributed by atoms with van der Waals surface area (Å²) in [5.74, 6) is 0.186. The molecule has 1 saturated carbocycles. The van der Waals surface area contributed by atoms with E-state index in [1.165, 1.54) is 0 Å². The predicted octanol–water partition coefficient (Wildman–Crippen LogP) is 0.970. The molecule has 0 spiro atoms. The molecule has 0 bridgehead atoms. The van der Waals surface area contributed by atoms with E-state index in [2.05, 4.69) is 9.88 Å². The number of carboxylic acid groups (broad SMARTS) is 1. The van der Waals surface area contributed by atoms with Crippen LogP contribution < -0.4 is 4.90 Å². The molecular weight excluding hydrogens is 296 g/mol. The standard InChI is InChI=1S/C17H18N2O4/c20-8-17(9-21)12-6-19(7-13(12)17)15-5-11(16(22)23)10-3-1-2-4-14(10)18-15/h1-5,12-13,20-21H,6-9H2,(H,22,23). The number of benzene rings is 1. The highest BCUT2D eigenvalue weighted by molar-refractivity contribution is 6.03. The fourth-order valence-corrected chi connectivity index (χ4v) is 4.04. The number of aliphatic hydroxyl groups is 2. The molecule has 2 heterocycles. The summed E-state index contributed by atoms with van der Waals surface area (Å²) >= 11 is 0. The second-order valence-corrected chi connectivity index (χ2v) is 6.52. The van der Waals surface area contributed by atoms with Gasteiger partial charge < -0.3 is 20.2 Å². The van der Waals surface area contributed by atoms with E-state index in [1.54, 1.807) is 18.2 Å². The minimum Gasteiger partial charge on any atom is -0.478 e. The Balaban J connectivity index is 1.68. The summed E-state index contributed by atoms with van der Waals surface area (Å²) in [4.78, 5) is 18.2. The van der Waals surface area contributed by atoms with Crippen LogP contribution >= 0.6 is 0 Å². The summed E-state index contributed by atoms with van der Waals surface area (Å²) in [7, 11) is 0. The number of hydrogen-bond acceptors (Lipinski definition) is 5. The number of piperidine rings is 1. The number of anilines is 1. The van der Waals surface area contributed by atoms with Crippen LogP contribution in [0.15, 0.2) is 30.3 Å². The molecule has 1 aliphatic carbocycles. The lowest BCUT2D eigenvalue weighted by Crippen LogP contribution is -2.32. The lowest BCUT2D eigenvalue weighted by molar-refractivity contribution is 0.0699. The number of nitrogens with zero attached hydrogens (tertiary/aromatic N) is 2. The average Bonchev–Trinajstić information content (AvgIpc) is 2.93. The number of hydrogen-bond donors (Lipinski definition) is 3. The van der Waals surface area contributed by atoms with Gasteiger partial charge in [-0.05, 0) is 24.0 Å². The number of carbonyl (C=O) groups is 1. The van der Waals surface area contributed by atoms with Crippen molar-refractivity contribution in [2.75, 3.05) is 31.2 Å². The Bertz CT molecular complexity index is 773. The van der Waals surface area contributed by atoms with Crippen LogP contribution in [0.4, 0.5) is 5.82 Å². The number of pyridine rings is 1. The Morgan fingerprint density at radius 2 is 1.87 bits per heavy atom. The van der Waals surface area contributed by atoms with Gasteiger partial charge in [0.15, 0.2) is 0 Å². The van der Waals surface area contributed by atoms with Crippen LogP contribution in [-0.2, 0) is 0 Å².